The van der Waals surface area contributed by atoms with Crippen LogP contribution in [-0.4, -0.2) is 49.3 Å². The number of nitrogens with zero attached hydrogens (tertiary/aromatic N) is 1. The average Bonchev–Trinajstić information content (AvgIpc) is 2.71. The fraction of sp³-hybridized carbons (Fsp3) is 0.579. The van der Waals surface area contributed by atoms with Crippen molar-refractivity contribution in [3.63, 3.8) is 0 Å². The number of rotatable bonds is 6. The van der Waals surface area contributed by atoms with E-state index in [1.165, 1.54) is 0 Å². The zero-order chi connectivity index (χ0) is 18.4. The number of nitrogens with one attached hydrogen (secondary N) is 2. The first kappa shape index (κ1) is 19.8. The van der Waals surface area contributed by atoms with E-state index in [1.54, 1.807) is 0 Å². The van der Waals surface area contributed by atoms with Gasteiger partial charge in [-0.15, -0.1) is 11.8 Å². The van der Waals surface area contributed by atoms with Gasteiger partial charge in [0.15, 0.2) is 13.1 Å². The Morgan fingerprint density at radius 2 is 2.04 bits per heavy atom. The van der Waals surface area contributed by atoms with Crippen molar-refractivity contribution in [1.29, 1.82) is 0 Å². The SMILES string of the molecule is CC[NH+](CC(=O)NC(C)C)CC(=O)N1CC[C@@H](C)Sc2ccccc21. The lowest BCUT2D eigenvalue weighted by Crippen LogP contribution is -3.14. The molecule has 0 bridgehead atoms. The summed E-state index contributed by atoms with van der Waals surface area (Å²) in [6, 6.07) is 8.23. The van der Waals surface area contributed by atoms with E-state index in [9.17, 15) is 9.59 Å². The van der Waals surface area contributed by atoms with Crippen molar-refractivity contribution in [2.45, 2.75) is 50.3 Å². The normalized spacial score (nSPS) is 18.4. The molecule has 1 aliphatic heterocycles. The molecule has 25 heavy (non-hydrogen) atoms. The summed E-state index contributed by atoms with van der Waals surface area (Å²) in [6.45, 7) is 10.3. The predicted molar refractivity (Wildman–Crippen MR) is 103 cm³/mol. The van der Waals surface area contributed by atoms with Gasteiger partial charge in [-0.1, -0.05) is 19.1 Å². The lowest BCUT2D eigenvalue weighted by atomic mass is 10.2. The maximum atomic E-state index is 13.0. The third-order valence-corrected chi connectivity index (χ3v) is 5.54. The largest absolute Gasteiger partial charge is 0.349 e. The highest BCUT2D eigenvalue weighted by atomic mass is 32.2. The Labute approximate surface area is 155 Å². The highest BCUT2D eigenvalue weighted by Crippen LogP contribution is 2.37. The Balaban J connectivity index is 2.07. The fourth-order valence-corrected chi connectivity index (χ4v) is 4.08. The van der Waals surface area contributed by atoms with Gasteiger partial charge in [0, 0.05) is 22.7 Å². The van der Waals surface area contributed by atoms with Crippen molar-refractivity contribution in [3.05, 3.63) is 24.3 Å². The summed E-state index contributed by atoms with van der Waals surface area (Å²) < 4.78 is 0. The van der Waals surface area contributed by atoms with Gasteiger partial charge in [0.05, 0.1) is 12.2 Å². The highest BCUT2D eigenvalue weighted by molar-refractivity contribution is 8.00. The summed E-state index contributed by atoms with van der Waals surface area (Å²) in [4.78, 5) is 29.0. The molecule has 2 amide bonds. The minimum atomic E-state index is 0.0000873. The van der Waals surface area contributed by atoms with Crippen LogP contribution in [0.15, 0.2) is 29.2 Å². The van der Waals surface area contributed by atoms with Gasteiger partial charge in [0.1, 0.15) is 0 Å². The molecule has 138 valence electrons. The van der Waals surface area contributed by atoms with Crippen LogP contribution in [0, 0.1) is 0 Å². The first-order chi connectivity index (χ1) is 11.9. The number of quaternary nitrogens is 1. The first-order valence-corrected chi connectivity index (χ1v) is 9.97. The van der Waals surface area contributed by atoms with Crippen LogP contribution in [0.2, 0.25) is 0 Å². The molecule has 1 unspecified atom stereocenters. The number of thioether (sulfide) groups is 1. The summed E-state index contributed by atoms with van der Waals surface area (Å²) in [7, 11) is 0. The van der Waals surface area contributed by atoms with Gasteiger partial charge in [-0.3, -0.25) is 9.59 Å². The van der Waals surface area contributed by atoms with Crippen molar-refractivity contribution in [2.75, 3.05) is 31.1 Å². The number of para-hydroxylation sites is 1. The molecule has 1 aromatic rings. The van der Waals surface area contributed by atoms with Crippen LogP contribution in [-0.2, 0) is 9.59 Å². The molecule has 0 saturated carbocycles. The van der Waals surface area contributed by atoms with Crippen molar-refractivity contribution in [1.82, 2.24) is 5.32 Å². The summed E-state index contributed by atoms with van der Waals surface area (Å²) in [5.41, 5.74) is 1.00. The molecule has 1 aliphatic rings. The molecule has 0 spiro atoms. The fourth-order valence-electron chi connectivity index (χ4n) is 2.97. The monoisotopic (exact) mass is 364 g/mol. The first-order valence-electron chi connectivity index (χ1n) is 9.09. The van der Waals surface area contributed by atoms with Gasteiger partial charge in [-0.2, -0.15) is 0 Å². The number of carbonyl (C=O) groups is 2. The van der Waals surface area contributed by atoms with Gasteiger partial charge in [-0.25, -0.2) is 0 Å². The van der Waals surface area contributed by atoms with Gasteiger partial charge in [0.2, 0.25) is 0 Å². The van der Waals surface area contributed by atoms with Gasteiger partial charge in [-0.05, 0) is 39.3 Å². The molecule has 0 radical (unpaired) electrons. The quantitative estimate of drug-likeness (QED) is 0.801. The third-order valence-electron chi connectivity index (χ3n) is 4.31. The Morgan fingerprint density at radius 3 is 2.72 bits per heavy atom. The van der Waals surface area contributed by atoms with Gasteiger partial charge >= 0.3 is 0 Å². The van der Waals surface area contributed by atoms with Crippen LogP contribution in [0.3, 0.4) is 0 Å². The lowest BCUT2D eigenvalue weighted by molar-refractivity contribution is -0.881. The number of hydrogen-bond acceptors (Lipinski definition) is 3. The molecule has 0 fully saturated rings. The lowest BCUT2D eigenvalue weighted by Gasteiger charge is -2.25. The van der Waals surface area contributed by atoms with Crippen LogP contribution in [0.4, 0.5) is 5.69 Å². The Kier molecular flexibility index (Phi) is 7.32. The second kappa shape index (κ2) is 9.25. The summed E-state index contributed by atoms with van der Waals surface area (Å²) >= 11 is 1.83. The number of hydrogen-bond donors (Lipinski definition) is 2. The van der Waals surface area contributed by atoms with E-state index in [0.717, 1.165) is 35.0 Å². The molecule has 1 aromatic carbocycles. The molecule has 2 atom stereocenters. The number of anilines is 1. The molecular weight excluding hydrogens is 334 g/mol. The van der Waals surface area contributed by atoms with Crippen molar-refractivity contribution >= 4 is 29.3 Å². The van der Waals surface area contributed by atoms with Crippen molar-refractivity contribution < 1.29 is 14.5 Å². The standard InChI is InChI=1S/C19H29N3O2S/c1-5-21(12-18(23)20-14(2)3)13-19(24)22-11-10-15(4)25-17-9-7-6-8-16(17)22/h6-9,14-15H,5,10-13H2,1-4H3,(H,20,23)/p+1/t15-/m1/s1. The topological polar surface area (TPSA) is 53.9 Å². The zero-order valence-corrected chi connectivity index (χ0v) is 16.5. The predicted octanol–water partition coefficient (Wildman–Crippen LogP) is 1.33. The minimum absolute atomic E-state index is 0.0000873. The Hall–Kier alpha value is -1.53. The molecule has 2 N–H and O–H groups in total. The number of likely N-dealkylation sites (N-methyl/N-ethyl adjacent to an activating group) is 1. The summed E-state index contributed by atoms with van der Waals surface area (Å²) in [5, 5.41) is 3.39. The second-order valence-corrected chi connectivity index (χ2v) is 8.39. The Bertz CT molecular complexity index is 606. The van der Waals surface area contributed by atoms with Crippen LogP contribution in [0.1, 0.15) is 34.1 Å². The average molecular weight is 365 g/mol. The van der Waals surface area contributed by atoms with Crippen LogP contribution < -0.4 is 15.1 Å². The van der Waals surface area contributed by atoms with Crippen LogP contribution >= 0.6 is 11.8 Å². The van der Waals surface area contributed by atoms with Crippen LogP contribution in [0.5, 0.6) is 0 Å². The molecule has 0 aliphatic carbocycles. The van der Waals surface area contributed by atoms with Crippen LogP contribution in [0.25, 0.3) is 0 Å². The maximum Gasteiger partial charge on any atom is 0.282 e. The number of fused-ring (bicyclic) bond motifs is 1. The summed E-state index contributed by atoms with van der Waals surface area (Å²) in [5.74, 6) is 0.0939. The Morgan fingerprint density at radius 1 is 1.32 bits per heavy atom. The van der Waals surface area contributed by atoms with E-state index in [-0.39, 0.29) is 17.9 Å². The van der Waals surface area contributed by atoms with E-state index in [1.807, 2.05) is 55.6 Å². The van der Waals surface area contributed by atoms with E-state index in [2.05, 4.69) is 18.3 Å². The number of amides is 2. The molecule has 0 saturated heterocycles. The van der Waals surface area contributed by atoms with E-state index in [0.29, 0.717) is 18.3 Å². The maximum absolute atomic E-state index is 13.0. The second-order valence-electron chi connectivity index (χ2n) is 6.91. The molecule has 5 nitrogen and oxygen atoms in total. The molecule has 1 heterocycles. The van der Waals surface area contributed by atoms with Crippen molar-refractivity contribution in [3.8, 4) is 0 Å². The highest BCUT2D eigenvalue weighted by Gasteiger charge is 2.27. The molecule has 6 heteroatoms. The van der Waals surface area contributed by atoms with Gasteiger partial charge in [0.25, 0.3) is 11.8 Å². The van der Waals surface area contributed by atoms with Gasteiger partial charge < -0.3 is 15.1 Å². The van der Waals surface area contributed by atoms with E-state index in [4.69, 9.17) is 0 Å². The zero-order valence-electron chi connectivity index (χ0n) is 15.7. The summed E-state index contributed by atoms with van der Waals surface area (Å²) in [6.07, 6.45) is 0.973. The molecular formula is C19H30N3O2S+. The van der Waals surface area contributed by atoms with E-state index >= 15 is 0 Å². The smallest absolute Gasteiger partial charge is 0.282 e. The number of carbonyl (C=O) groups excluding carboxylic acids is 2. The molecule has 2 rings (SSSR count). The number of benzene rings is 1. The van der Waals surface area contributed by atoms with E-state index < -0.39 is 0 Å². The molecule has 0 aromatic heterocycles. The third kappa shape index (κ3) is 5.75. The minimum Gasteiger partial charge on any atom is -0.349 e. The van der Waals surface area contributed by atoms with Crippen molar-refractivity contribution in [2.24, 2.45) is 0 Å².